The summed E-state index contributed by atoms with van der Waals surface area (Å²) in [6.45, 7) is 8.95. The van der Waals surface area contributed by atoms with E-state index in [2.05, 4.69) is 46.8 Å². The number of hydrogen-bond donors (Lipinski definition) is 3. The summed E-state index contributed by atoms with van der Waals surface area (Å²) in [5, 5.41) is 14.2. The van der Waals surface area contributed by atoms with E-state index in [9.17, 15) is 4.79 Å². The molecule has 0 spiro atoms. The van der Waals surface area contributed by atoms with Crippen LogP contribution >= 0.6 is 0 Å². The van der Waals surface area contributed by atoms with Crippen LogP contribution in [0.5, 0.6) is 0 Å². The maximum Gasteiger partial charge on any atom is 0.224 e. The summed E-state index contributed by atoms with van der Waals surface area (Å²) < 4.78 is 1.93. The lowest BCUT2D eigenvalue weighted by molar-refractivity contribution is -0.116. The predicted molar refractivity (Wildman–Crippen MR) is 119 cm³/mol. The first kappa shape index (κ1) is 22.5. The first-order chi connectivity index (χ1) is 13.8. The molecule has 0 fully saturated rings. The zero-order chi connectivity index (χ0) is 21.4. The molecule has 1 aromatic carbocycles. The van der Waals surface area contributed by atoms with Gasteiger partial charge in [0.1, 0.15) is 0 Å². The van der Waals surface area contributed by atoms with Crippen molar-refractivity contribution in [2.24, 2.45) is 12.0 Å². The number of nitrogens with zero attached hydrogens (tertiary/aromatic N) is 3. The second-order valence-corrected chi connectivity index (χ2v) is 7.44. The molecule has 7 heteroatoms. The molecule has 0 bridgehead atoms. The van der Waals surface area contributed by atoms with Gasteiger partial charge < -0.3 is 16.0 Å². The van der Waals surface area contributed by atoms with E-state index >= 15 is 0 Å². The highest BCUT2D eigenvalue weighted by Gasteiger charge is 2.14. The van der Waals surface area contributed by atoms with Gasteiger partial charge in [-0.1, -0.05) is 19.1 Å². The molecule has 1 unspecified atom stereocenters. The number of carbonyl (C=O) groups excluding carboxylic acids is 1. The average molecular weight is 399 g/mol. The van der Waals surface area contributed by atoms with E-state index < -0.39 is 0 Å². The number of anilines is 1. The molecule has 0 radical (unpaired) electrons. The molecule has 3 N–H and O–H groups in total. The second-order valence-electron chi connectivity index (χ2n) is 7.44. The number of aromatic nitrogens is 2. The van der Waals surface area contributed by atoms with Crippen molar-refractivity contribution in [3.63, 3.8) is 0 Å². The van der Waals surface area contributed by atoms with Gasteiger partial charge in [0.15, 0.2) is 5.96 Å². The van der Waals surface area contributed by atoms with Crippen LogP contribution in [0.3, 0.4) is 0 Å². The van der Waals surface area contributed by atoms with E-state index in [0.717, 1.165) is 35.7 Å². The lowest BCUT2D eigenvalue weighted by Crippen LogP contribution is -2.42. The number of hydrogen-bond acceptors (Lipinski definition) is 3. The van der Waals surface area contributed by atoms with Gasteiger partial charge in [0.2, 0.25) is 5.91 Å². The summed E-state index contributed by atoms with van der Waals surface area (Å²) in [6.07, 6.45) is 2.28. The lowest BCUT2D eigenvalue weighted by Gasteiger charge is -2.18. The number of nitrogens with one attached hydrogen (secondary N) is 3. The summed E-state index contributed by atoms with van der Waals surface area (Å²) in [7, 11) is 3.75. The zero-order valence-corrected chi connectivity index (χ0v) is 18.5. The third kappa shape index (κ3) is 6.62. The monoisotopic (exact) mass is 398 g/mol. The predicted octanol–water partition coefficient (Wildman–Crippen LogP) is 3.07. The molecule has 29 heavy (non-hydrogen) atoms. The summed E-state index contributed by atoms with van der Waals surface area (Å²) in [4.78, 5) is 16.0. The molecule has 0 aliphatic carbocycles. The topological polar surface area (TPSA) is 83.3 Å². The number of carbonyl (C=O) groups is 1. The Kier molecular flexibility index (Phi) is 8.24. The van der Waals surface area contributed by atoms with Gasteiger partial charge in [-0.2, -0.15) is 5.10 Å². The number of benzene rings is 1. The van der Waals surface area contributed by atoms with Gasteiger partial charge in [-0.05, 0) is 56.9 Å². The van der Waals surface area contributed by atoms with Crippen LogP contribution in [0.15, 0.2) is 29.3 Å². The van der Waals surface area contributed by atoms with Crippen LogP contribution in [-0.4, -0.2) is 34.7 Å². The highest BCUT2D eigenvalue weighted by molar-refractivity contribution is 5.90. The quantitative estimate of drug-likeness (QED) is 0.471. The molecule has 0 aliphatic heterocycles. The van der Waals surface area contributed by atoms with Gasteiger partial charge in [0.05, 0.1) is 5.69 Å². The standard InChI is InChI=1S/C22H34N6O/c1-7-8-21(29)26-19-11-9-18(10-12-19)14-24-22(23-5)25-15(2)13-20-16(3)27-28(6)17(20)4/h9-12,15H,7-8,13-14H2,1-6H3,(H,26,29)(H2,23,24,25). The fourth-order valence-electron chi connectivity index (χ4n) is 3.24. The molecular formula is C22H34N6O. The Morgan fingerprint density at radius 1 is 1.24 bits per heavy atom. The van der Waals surface area contributed by atoms with Crippen molar-refractivity contribution in [2.75, 3.05) is 12.4 Å². The smallest absolute Gasteiger partial charge is 0.224 e. The van der Waals surface area contributed by atoms with Crippen LogP contribution in [0.2, 0.25) is 0 Å². The molecule has 1 heterocycles. The van der Waals surface area contributed by atoms with E-state index in [1.54, 1.807) is 7.05 Å². The minimum absolute atomic E-state index is 0.0519. The van der Waals surface area contributed by atoms with Crippen LogP contribution in [-0.2, 0) is 24.8 Å². The lowest BCUT2D eigenvalue weighted by atomic mass is 10.1. The number of aliphatic imine (C=N–C) groups is 1. The third-order valence-corrected chi connectivity index (χ3v) is 4.95. The normalized spacial score (nSPS) is 12.6. The molecule has 2 rings (SSSR count). The number of aryl methyl sites for hydroxylation is 2. The fourth-order valence-corrected chi connectivity index (χ4v) is 3.24. The first-order valence-electron chi connectivity index (χ1n) is 10.2. The molecule has 1 amide bonds. The van der Waals surface area contributed by atoms with E-state index in [1.165, 1.54) is 11.3 Å². The molecule has 0 aliphatic rings. The van der Waals surface area contributed by atoms with Crippen molar-refractivity contribution in [1.82, 2.24) is 20.4 Å². The Balaban J connectivity index is 1.86. The Morgan fingerprint density at radius 3 is 2.48 bits per heavy atom. The Morgan fingerprint density at radius 2 is 1.93 bits per heavy atom. The maximum atomic E-state index is 11.7. The van der Waals surface area contributed by atoms with Crippen LogP contribution in [0.4, 0.5) is 5.69 Å². The summed E-state index contributed by atoms with van der Waals surface area (Å²) in [5.41, 5.74) is 5.50. The largest absolute Gasteiger partial charge is 0.354 e. The van der Waals surface area contributed by atoms with Gasteiger partial charge >= 0.3 is 0 Å². The molecule has 2 aromatic rings. The molecule has 0 saturated heterocycles. The zero-order valence-electron chi connectivity index (χ0n) is 18.5. The second kappa shape index (κ2) is 10.6. The van der Waals surface area contributed by atoms with Crippen LogP contribution in [0.1, 0.15) is 49.2 Å². The minimum atomic E-state index is 0.0519. The first-order valence-corrected chi connectivity index (χ1v) is 10.2. The highest BCUT2D eigenvalue weighted by Crippen LogP contribution is 2.14. The number of rotatable bonds is 8. The van der Waals surface area contributed by atoms with Crippen molar-refractivity contribution in [3.8, 4) is 0 Å². The number of guanidine groups is 1. The fraction of sp³-hybridized carbons (Fsp3) is 0.500. The Hall–Kier alpha value is -2.83. The van der Waals surface area contributed by atoms with Gasteiger partial charge in [0.25, 0.3) is 0 Å². The maximum absolute atomic E-state index is 11.7. The van der Waals surface area contributed by atoms with Crippen LogP contribution in [0.25, 0.3) is 0 Å². The average Bonchev–Trinajstić information content (AvgIpc) is 2.92. The molecule has 0 saturated carbocycles. The van der Waals surface area contributed by atoms with Crippen molar-refractivity contribution >= 4 is 17.6 Å². The molecule has 1 atom stereocenters. The summed E-state index contributed by atoms with van der Waals surface area (Å²) >= 11 is 0. The summed E-state index contributed by atoms with van der Waals surface area (Å²) in [6, 6.07) is 8.09. The molecular weight excluding hydrogens is 364 g/mol. The molecule has 1 aromatic heterocycles. The van der Waals surface area contributed by atoms with Crippen LogP contribution < -0.4 is 16.0 Å². The van der Waals surface area contributed by atoms with E-state index in [-0.39, 0.29) is 11.9 Å². The number of amides is 1. The van der Waals surface area contributed by atoms with Crippen LogP contribution in [0, 0.1) is 13.8 Å². The van der Waals surface area contributed by atoms with Gasteiger partial charge in [-0.25, -0.2) is 0 Å². The van der Waals surface area contributed by atoms with Crippen molar-refractivity contribution in [1.29, 1.82) is 0 Å². The van der Waals surface area contributed by atoms with E-state index in [1.807, 2.05) is 42.9 Å². The van der Waals surface area contributed by atoms with Crippen molar-refractivity contribution in [3.05, 3.63) is 46.8 Å². The highest BCUT2D eigenvalue weighted by atomic mass is 16.1. The summed E-state index contributed by atoms with van der Waals surface area (Å²) in [5.74, 6) is 0.813. The molecule has 7 nitrogen and oxygen atoms in total. The van der Waals surface area contributed by atoms with Gasteiger partial charge in [-0.3, -0.25) is 14.5 Å². The molecule has 158 valence electrons. The van der Waals surface area contributed by atoms with Crippen molar-refractivity contribution in [2.45, 2.75) is 59.5 Å². The van der Waals surface area contributed by atoms with Gasteiger partial charge in [-0.15, -0.1) is 0 Å². The third-order valence-electron chi connectivity index (χ3n) is 4.95. The van der Waals surface area contributed by atoms with E-state index in [4.69, 9.17) is 0 Å². The van der Waals surface area contributed by atoms with Gasteiger partial charge in [0, 0.05) is 44.5 Å². The SMILES string of the molecule is CCCC(=O)Nc1ccc(CNC(=NC)NC(C)Cc2c(C)nn(C)c2C)cc1. The minimum Gasteiger partial charge on any atom is -0.354 e. The van der Waals surface area contributed by atoms with E-state index in [0.29, 0.717) is 13.0 Å². The Labute approximate surface area is 174 Å². The Bertz CT molecular complexity index is 838. The van der Waals surface area contributed by atoms with Crippen molar-refractivity contribution < 1.29 is 4.79 Å².